The van der Waals surface area contributed by atoms with Crippen LogP contribution in [-0.4, -0.2) is 74.9 Å². The molecule has 2 fully saturated rings. The molecule has 25 heavy (non-hydrogen) atoms. The largest absolute Gasteiger partial charge is 0.334 e. The third kappa shape index (κ3) is 4.59. The normalized spacial score (nSPS) is 23.7. The third-order valence-corrected chi connectivity index (χ3v) is 6.70. The highest BCUT2D eigenvalue weighted by molar-refractivity contribution is 7.91. The summed E-state index contributed by atoms with van der Waals surface area (Å²) in [5.41, 5.74) is 1.79. The predicted molar refractivity (Wildman–Crippen MR) is 98.4 cm³/mol. The molecule has 1 N–H and O–H groups in total. The van der Waals surface area contributed by atoms with E-state index in [0.717, 1.165) is 37.1 Å². The Morgan fingerprint density at radius 2 is 2.00 bits per heavy atom. The molecule has 138 valence electrons. The summed E-state index contributed by atoms with van der Waals surface area (Å²) in [5.74, 6) is 0.553. The lowest BCUT2D eigenvalue weighted by Gasteiger charge is -2.27. The van der Waals surface area contributed by atoms with Gasteiger partial charge in [-0.2, -0.15) is 0 Å². The number of nitrogens with zero attached hydrogens (tertiary/aromatic N) is 2. The molecule has 0 bridgehead atoms. The predicted octanol–water partition coefficient (Wildman–Crippen LogP) is 0.741. The maximum Gasteiger partial charge on any atom is 0.254 e. The number of benzene rings is 1. The van der Waals surface area contributed by atoms with Crippen molar-refractivity contribution in [3.05, 3.63) is 35.4 Å². The van der Waals surface area contributed by atoms with Crippen LogP contribution in [0.4, 0.5) is 0 Å². The molecule has 3 rings (SSSR count). The molecule has 0 radical (unpaired) electrons. The molecule has 0 aliphatic carbocycles. The fourth-order valence-electron chi connectivity index (χ4n) is 3.69. The van der Waals surface area contributed by atoms with Gasteiger partial charge in [-0.15, -0.1) is 0 Å². The minimum atomic E-state index is -2.86. The highest BCUT2D eigenvalue weighted by Gasteiger charge is 2.29. The molecule has 2 heterocycles. The van der Waals surface area contributed by atoms with Gasteiger partial charge in [0.25, 0.3) is 5.91 Å². The molecule has 1 aromatic carbocycles. The number of likely N-dealkylation sites (N-methyl/N-ethyl adjacent to an activating group) is 1. The lowest BCUT2D eigenvalue weighted by atomic mass is 10.1. The Labute approximate surface area is 150 Å². The van der Waals surface area contributed by atoms with E-state index in [0.29, 0.717) is 19.6 Å². The highest BCUT2D eigenvalue weighted by atomic mass is 32.2. The van der Waals surface area contributed by atoms with Crippen LogP contribution >= 0.6 is 0 Å². The zero-order chi connectivity index (χ0) is 17.9. The van der Waals surface area contributed by atoms with E-state index in [2.05, 4.69) is 10.2 Å². The lowest BCUT2D eigenvalue weighted by Crippen LogP contribution is -2.41. The van der Waals surface area contributed by atoms with Crippen LogP contribution in [0.25, 0.3) is 0 Å². The van der Waals surface area contributed by atoms with Crippen molar-refractivity contribution in [2.75, 3.05) is 44.7 Å². The topological polar surface area (TPSA) is 69.7 Å². The van der Waals surface area contributed by atoms with E-state index >= 15 is 0 Å². The van der Waals surface area contributed by atoms with Gasteiger partial charge >= 0.3 is 0 Å². The lowest BCUT2D eigenvalue weighted by molar-refractivity contribution is 0.0737. The van der Waals surface area contributed by atoms with E-state index in [-0.39, 0.29) is 23.5 Å². The van der Waals surface area contributed by atoms with Crippen LogP contribution in [0.15, 0.2) is 24.3 Å². The third-order valence-electron chi connectivity index (χ3n) is 5.09. The molecule has 7 heteroatoms. The summed E-state index contributed by atoms with van der Waals surface area (Å²) in [7, 11) is -0.944. The molecule has 0 aromatic heterocycles. The number of sulfone groups is 1. The van der Waals surface area contributed by atoms with Gasteiger partial charge in [0.1, 0.15) is 0 Å². The van der Waals surface area contributed by atoms with Crippen molar-refractivity contribution < 1.29 is 13.2 Å². The Hall–Kier alpha value is -1.44. The maximum absolute atomic E-state index is 12.9. The number of rotatable bonds is 5. The van der Waals surface area contributed by atoms with Crippen molar-refractivity contribution in [2.24, 2.45) is 0 Å². The molecule has 2 aliphatic heterocycles. The molecule has 1 aromatic rings. The number of amides is 1. The number of hydrogen-bond acceptors (Lipinski definition) is 5. The average Bonchev–Trinajstić information content (AvgIpc) is 3.05. The average molecular weight is 365 g/mol. The summed E-state index contributed by atoms with van der Waals surface area (Å²) in [6.07, 6.45) is 2.11. The summed E-state index contributed by atoms with van der Waals surface area (Å²) in [4.78, 5) is 17.0. The molecule has 0 saturated carbocycles. The van der Waals surface area contributed by atoms with Crippen LogP contribution in [0.3, 0.4) is 0 Å². The number of carbonyl (C=O) groups is 1. The fraction of sp³-hybridized carbons (Fsp3) is 0.611. The molecule has 0 spiro atoms. The number of nitrogens with one attached hydrogen (secondary N) is 1. The van der Waals surface area contributed by atoms with Gasteiger partial charge in [-0.3, -0.25) is 9.69 Å². The van der Waals surface area contributed by atoms with Gasteiger partial charge < -0.3 is 10.2 Å². The van der Waals surface area contributed by atoms with Crippen molar-refractivity contribution in [3.8, 4) is 0 Å². The first kappa shape index (κ1) is 18.4. The standard InChI is InChI=1S/C18H27N3O3S/c1-19-13-17-6-3-7-21(17)18(22)16-5-2-4-15(12-16)14-20-8-10-25(23,24)11-9-20/h2,4-5,12,17,19H,3,6-11,13-14H2,1H3. The highest BCUT2D eigenvalue weighted by Crippen LogP contribution is 2.20. The van der Waals surface area contributed by atoms with E-state index in [9.17, 15) is 13.2 Å². The van der Waals surface area contributed by atoms with Crippen LogP contribution in [0.2, 0.25) is 0 Å². The van der Waals surface area contributed by atoms with Crippen molar-refractivity contribution in [2.45, 2.75) is 25.4 Å². The SMILES string of the molecule is CNCC1CCCN1C(=O)c1cccc(CN2CCS(=O)(=O)CC2)c1. The van der Waals surface area contributed by atoms with Gasteiger partial charge in [0, 0.05) is 44.3 Å². The van der Waals surface area contributed by atoms with Crippen LogP contribution in [0.5, 0.6) is 0 Å². The minimum Gasteiger partial charge on any atom is -0.334 e. The molecular weight excluding hydrogens is 338 g/mol. The second kappa shape index (κ2) is 7.85. The second-order valence-electron chi connectivity index (χ2n) is 6.98. The van der Waals surface area contributed by atoms with Crippen LogP contribution < -0.4 is 5.32 Å². The van der Waals surface area contributed by atoms with Gasteiger partial charge in [-0.1, -0.05) is 12.1 Å². The van der Waals surface area contributed by atoms with Crippen LogP contribution in [-0.2, 0) is 16.4 Å². The van der Waals surface area contributed by atoms with Gasteiger partial charge in [0.05, 0.1) is 11.5 Å². The molecule has 1 unspecified atom stereocenters. The zero-order valence-electron chi connectivity index (χ0n) is 14.8. The van der Waals surface area contributed by atoms with Crippen LogP contribution in [0.1, 0.15) is 28.8 Å². The molecular formula is C18H27N3O3S. The summed E-state index contributed by atoms with van der Waals surface area (Å²) in [6, 6.07) is 8.04. The van der Waals surface area contributed by atoms with E-state index in [1.165, 1.54) is 0 Å². The summed E-state index contributed by atoms with van der Waals surface area (Å²) in [6.45, 7) is 3.47. The maximum atomic E-state index is 12.9. The van der Waals surface area contributed by atoms with Crippen molar-refractivity contribution in [1.29, 1.82) is 0 Å². The first-order valence-corrected chi connectivity index (χ1v) is 10.8. The van der Waals surface area contributed by atoms with Gasteiger partial charge in [-0.25, -0.2) is 8.42 Å². The van der Waals surface area contributed by atoms with Crippen molar-refractivity contribution >= 4 is 15.7 Å². The van der Waals surface area contributed by atoms with E-state index in [1.54, 1.807) is 0 Å². The van der Waals surface area contributed by atoms with E-state index in [4.69, 9.17) is 0 Å². The molecule has 6 nitrogen and oxygen atoms in total. The Morgan fingerprint density at radius 3 is 2.72 bits per heavy atom. The number of hydrogen-bond donors (Lipinski definition) is 1. The molecule has 2 aliphatic rings. The first-order chi connectivity index (χ1) is 12.0. The van der Waals surface area contributed by atoms with Gasteiger partial charge in [0.15, 0.2) is 9.84 Å². The van der Waals surface area contributed by atoms with Crippen LogP contribution in [0, 0.1) is 0 Å². The van der Waals surface area contributed by atoms with Crippen molar-refractivity contribution in [1.82, 2.24) is 15.1 Å². The second-order valence-corrected chi connectivity index (χ2v) is 9.28. The quantitative estimate of drug-likeness (QED) is 0.834. The Bertz CT molecular complexity index is 706. The zero-order valence-corrected chi connectivity index (χ0v) is 15.6. The van der Waals surface area contributed by atoms with Gasteiger partial charge in [0.2, 0.25) is 0 Å². The van der Waals surface area contributed by atoms with E-state index in [1.807, 2.05) is 36.2 Å². The summed E-state index contributed by atoms with van der Waals surface area (Å²) < 4.78 is 23.1. The Morgan fingerprint density at radius 1 is 1.24 bits per heavy atom. The summed E-state index contributed by atoms with van der Waals surface area (Å²) in [5, 5.41) is 3.17. The Kier molecular flexibility index (Phi) is 5.76. The molecule has 1 atom stereocenters. The van der Waals surface area contributed by atoms with Crippen molar-refractivity contribution in [3.63, 3.8) is 0 Å². The smallest absolute Gasteiger partial charge is 0.254 e. The van der Waals surface area contributed by atoms with E-state index < -0.39 is 9.84 Å². The molecule has 2 saturated heterocycles. The number of likely N-dealkylation sites (tertiary alicyclic amines) is 1. The first-order valence-electron chi connectivity index (χ1n) is 8.96. The van der Waals surface area contributed by atoms with Gasteiger partial charge in [-0.05, 0) is 37.6 Å². The monoisotopic (exact) mass is 365 g/mol. The minimum absolute atomic E-state index is 0.0980. The molecule has 1 amide bonds. The fourth-order valence-corrected chi connectivity index (χ4v) is 4.96. The number of carbonyl (C=O) groups excluding carboxylic acids is 1. The Balaban J connectivity index is 1.66. The summed E-state index contributed by atoms with van der Waals surface area (Å²) >= 11 is 0.